The van der Waals surface area contributed by atoms with Crippen molar-refractivity contribution in [2.45, 2.75) is 26.1 Å². The van der Waals surface area contributed by atoms with Crippen LogP contribution in [0.1, 0.15) is 25.1 Å². The molecule has 0 saturated carbocycles. The molecule has 4 heterocycles. The average molecular weight is 413 g/mol. The van der Waals surface area contributed by atoms with E-state index >= 15 is 0 Å². The lowest BCUT2D eigenvalue weighted by molar-refractivity contribution is -0.00546. The smallest absolute Gasteiger partial charge is 0.132 e. The summed E-state index contributed by atoms with van der Waals surface area (Å²) in [4.78, 5) is 15.9. The third kappa shape index (κ3) is 3.55. The highest BCUT2D eigenvalue weighted by Crippen LogP contribution is 2.36. The second-order valence-electron chi connectivity index (χ2n) is 7.96. The molecule has 0 radical (unpaired) electrons. The molecule has 0 amide bonds. The Morgan fingerprint density at radius 3 is 2.58 bits per heavy atom. The summed E-state index contributed by atoms with van der Waals surface area (Å²) in [7, 11) is 0. The van der Waals surface area contributed by atoms with Crippen LogP contribution in [0.3, 0.4) is 0 Å². The van der Waals surface area contributed by atoms with E-state index in [1.54, 1.807) is 18.6 Å². The minimum Gasteiger partial charge on any atom is -0.372 e. The molecule has 1 fully saturated rings. The van der Waals surface area contributed by atoms with Crippen molar-refractivity contribution in [3.8, 4) is 11.1 Å². The van der Waals surface area contributed by atoms with E-state index in [9.17, 15) is 0 Å². The van der Waals surface area contributed by atoms with Gasteiger partial charge >= 0.3 is 0 Å². The lowest BCUT2D eigenvalue weighted by Gasteiger charge is -2.36. The first kappa shape index (κ1) is 19.3. The zero-order chi connectivity index (χ0) is 21.5. The van der Waals surface area contributed by atoms with Gasteiger partial charge in [0.15, 0.2) is 0 Å². The average Bonchev–Trinajstić information content (AvgIpc) is 2.75. The molecule has 0 spiro atoms. The maximum atomic E-state index is 7.86. The summed E-state index contributed by atoms with van der Waals surface area (Å²) in [5, 5.41) is 15.3. The molecule has 1 aromatic carbocycles. The number of pyridine rings is 1. The topological polar surface area (TPSA) is 103 Å². The highest BCUT2D eigenvalue weighted by molar-refractivity contribution is 6.21. The molecule has 2 N–H and O–H groups in total. The van der Waals surface area contributed by atoms with Crippen molar-refractivity contribution >= 4 is 23.6 Å². The normalized spacial score (nSPS) is 19.9. The number of aliphatic imine (C=N–C) groups is 1. The maximum absolute atomic E-state index is 7.86. The van der Waals surface area contributed by atoms with E-state index in [1.807, 2.05) is 24.3 Å². The van der Waals surface area contributed by atoms with Crippen molar-refractivity contribution < 1.29 is 4.74 Å². The van der Waals surface area contributed by atoms with E-state index < -0.39 is 0 Å². The predicted octanol–water partition coefficient (Wildman–Crippen LogP) is 2.98. The summed E-state index contributed by atoms with van der Waals surface area (Å²) in [6, 6.07) is 11.7. The number of hydrogen-bond donors (Lipinski definition) is 2. The highest BCUT2D eigenvalue weighted by Gasteiger charge is 2.26. The Bertz CT molecular complexity index is 1250. The fraction of sp³-hybridized carbons (Fsp3) is 0.261. The van der Waals surface area contributed by atoms with Crippen LogP contribution in [0.4, 0.5) is 11.5 Å². The van der Waals surface area contributed by atoms with Gasteiger partial charge in [-0.15, -0.1) is 0 Å². The first-order chi connectivity index (χ1) is 15.0. The third-order valence-corrected chi connectivity index (χ3v) is 5.57. The Kier molecular flexibility index (Phi) is 4.71. The Labute approximate surface area is 179 Å². The number of nitrogens with zero attached hydrogens (tertiary/aromatic N) is 5. The van der Waals surface area contributed by atoms with Gasteiger partial charge in [0.2, 0.25) is 0 Å². The largest absolute Gasteiger partial charge is 0.372 e. The molecular formula is C23H23N7O. The summed E-state index contributed by atoms with van der Waals surface area (Å²) in [5.74, 6) is 0.886. The van der Waals surface area contributed by atoms with Crippen molar-refractivity contribution in [3.63, 3.8) is 0 Å². The van der Waals surface area contributed by atoms with Crippen molar-refractivity contribution in [2.24, 2.45) is 4.99 Å². The van der Waals surface area contributed by atoms with Gasteiger partial charge in [-0.1, -0.05) is 6.07 Å². The molecular weight excluding hydrogens is 390 g/mol. The number of rotatable bonds is 4. The molecule has 8 nitrogen and oxygen atoms in total. The number of benzene rings is 1. The number of ether oxygens (including phenoxy) is 1. The van der Waals surface area contributed by atoms with Gasteiger partial charge < -0.3 is 9.64 Å². The van der Waals surface area contributed by atoms with Gasteiger partial charge in [0.1, 0.15) is 17.6 Å². The summed E-state index contributed by atoms with van der Waals surface area (Å²) in [6.45, 7) is 5.75. The Morgan fingerprint density at radius 1 is 1.03 bits per heavy atom. The molecule has 2 aromatic heterocycles. The van der Waals surface area contributed by atoms with Crippen LogP contribution in [0, 0.1) is 10.8 Å². The zero-order valence-electron chi connectivity index (χ0n) is 17.4. The van der Waals surface area contributed by atoms with Crippen LogP contribution in [0.5, 0.6) is 0 Å². The van der Waals surface area contributed by atoms with Gasteiger partial charge in [0, 0.05) is 30.9 Å². The van der Waals surface area contributed by atoms with Crippen LogP contribution in [0.15, 0.2) is 53.9 Å². The molecule has 3 aromatic rings. The molecule has 2 aliphatic heterocycles. The van der Waals surface area contributed by atoms with E-state index in [0.29, 0.717) is 0 Å². The molecule has 0 aliphatic carbocycles. The van der Waals surface area contributed by atoms with E-state index in [-0.39, 0.29) is 17.7 Å². The van der Waals surface area contributed by atoms with Crippen LogP contribution in [0.25, 0.3) is 11.1 Å². The molecule has 0 bridgehead atoms. The minimum absolute atomic E-state index is 0.158. The third-order valence-electron chi connectivity index (χ3n) is 5.57. The monoisotopic (exact) mass is 413 g/mol. The van der Waals surface area contributed by atoms with Crippen LogP contribution in [-0.4, -0.2) is 51.9 Å². The number of morpholine rings is 1. The molecule has 2 unspecified atom stereocenters. The van der Waals surface area contributed by atoms with Crippen molar-refractivity contribution in [2.75, 3.05) is 18.0 Å². The lowest BCUT2D eigenvalue weighted by atomic mass is 9.94. The molecule has 1 saturated heterocycles. The molecule has 2 aliphatic rings. The number of nitrogens with one attached hydrogen (secondary N) is 2. The number of hydrogen-bond acceptors (Lipinski definition) is 7. The van der Waals surface area contributed by atoms with Gasteiger partial charge in [-0.2, -0.15) is 0 Å². The van der Waals surface area contributed by atoms with Crippen LogP contribution in [0.2, 0.25) is 0 Å². The molecule has 8 heteroatoms. The van der Waals surface area contributed by atoms with Crippen LogP contribution in [-0.2, 0) is 4.74 Å². The van der Waals surface area contributed by atoms with Crippen molar-refractivity contribution in [1.82, 2.24) is 14.5 Å². The summed E-state index contributed by atoms with van der Waals surface area (Å²) in [5.41, 5.74) is 5.85. The van der Waals surface area contributed by atoms with E-state index in [2.05, 4.69) is 39.8 Å². The fourth-order valence-corrected chi connectivity index (χ4v) is 4.13. The van der Waals surface area contributed by atoms with Crippen molar-refractivity contribution in [3.05, 3.63) is 65.7 Å². The summed E-state index contributed by atoms with van der Waals surface area (Å²) in [6.07, 6.45) is 4.83. The highest BCUT2D eigenvalue weighted by atomic mass is 16.5. The molecule has 5 rings (SSSR count). The summed E-state index contributed by atoms with van der Waals surface area (Å²) < 4.78 is 7.31. The second-order valence-corrected chi connectivity index (χ2v) is 7.96. The van der Waals surface area contributed by atoms with Crippen molar-refractivity contribution in [1.29, 1.82) is 10.8 Å². The maximum Gasteiger partial charge on any atom is 0.132 e. The first-order valence-corrected chi connectivity index (χ1v) is 10.3. The SMILES string of the molecule is CC1CN(c2cc(C3=Nc4ccc(-c5ccc(=N)n(C=N)c5)cc43)ncn2)CC(C)O1. The number of aromatic nitrogens is 3. The molecule has 31 heavy (non-hydrogen) atoms. The van der Waals surface area contributed by atoms with E-state index in [1.165, 1.54) is 4.57 Å². The Morgan fingerprint density at radius 2 is 1.81 bits per heavy atom. The van der Waals surface area contributed by atoms with Crippen LogP contribution >= 0.6 is 0 Å². The van der Waals surface area contributed by atoms with Gasteiger partial charge in [0.05, 0.1) is 35.6 Å². The van der Waals surface area contributed by atoms with Crippen LogP contribution < -0.4 is 10.4 Å². The van der Waals surface area contributed by atoms with Gasteiger partial charge in [0.25, 0.3) is 0 Å². The predicted molar refractivity (Wildman–Crippen MR) is 119 cm³/mol. The van der Waals surface area contributed by atoms with Gasteiger partial charge in [-0.05, 0) is 49.2 Å². The standard InChI is InChI=1S/C23H23N7O/c1-14-9-29(10-15(2)31-14)22-8-20(26-13-27-22)23-18-7-16(3-5-19(18)28-23)17-4-6-21(25)30(11-17)12-24/h3-8,11-15,24-25H,9-10H2,1-2H3. The minimum atomic E-state index is 0.158. The fourth-order valence-electron chi connectivity index (χ4n) is 4.13. The second kappa shape index (κ2) is 7.55. The zero-order valence-corrected chi connectivity index (χ0v) is 17.4. The van der Waals surface area contributed by atoms with E-state index in [4.69, 9.17) is 15.6 Å². The Hall–Kier alpha value is -3.65. The molecule has 2 atom stereocenters. The lowest BCUT2D eigenvalue weighted by Crippen LogP contribution is -2.45. The summed E-state index contributed by atoms with van der Waals surface area (Å²) >= 11 is 0. The number of fused-ring (bicyclic) bond motifs is 1. The van der Waals surface area contributed by atoms with Gasteiger partial charge in [-0.3, -0.25) is 15.4 Å². The van der Waals surface area contributed by atoms with Gasteiger partial charge in [-0.25, -0.2) is 15.0 Å². The Balaban J connectivity index is 1.45. The van der Waals surface area contributed by atoms with E-state index in [0.717, 1.165) is 59.0 Å². The number of anilines is 1. The quantitative estimate of drug-likeness (QED) is 0.396. The molecule has 156 valence electrons. The first-order valence-electron chi connectivity index (χ1n) is 10.3.